The van der Waals surface area contributed by atoms with Gasteiger partial charge >= 0.3 is 0 Å². The van der Waals surface area contributed by atoms with Crippen LogP contribution < -0.4 is 0 Å². The number of rotatable bonds is 6. The lowest BCUT2D eigenvalue weighted by molar-refractivity contribution is -0.125. The van der Waals surface area contributed by atoms with E-state index < -0.39 is 0 Å². The van der Waals surface area contributed by atoms with Crippen LogP contribution in [0.3, 0.4) is 0 Å². The van der Waals surface area contributed by atoms with Crippen LogP contribution in [0, 0.1) is 0 Å². The maximum Gasteiger partial charge on any atom is 0.146 e. The number of carbonyl (C=O) groups is 2. The fourth-order valence-electron chi connectivity index (χ4n) is 2.29. The van der Waals surface area contributed by atoms with E-state index in [1.807, 2.05) is 6.08 Å². The zero-order valence-electron chi connectivity index (χ0n) is 9.65. The van der Waals surface area contributed by atoms with Crippen LogP contribution >= 0.6 is 0 Å². The zero-order valence-corrected chi connectivity index (χ0v) is 9.65. The molecule has 16 heavy (non-hydrogen) atoms. The Morgan fingerprint density at radius 3 is 2.75 bits per heavy atom. The molecule has 1 heterocycles. The second-order valence-electron chi connectivity index (χ2n) is 4.22. The Kier molecular flexibility index (Phi) is 4.62. The van der Waals surface area contributed by atoms with Gasteiger partial charge in [-0.05, 0) is 12.8 Å². The highest BCUT2D eigenvalue weighted by atomic mass is 16.1. The van der Waals surface area contributed by atoms with Crippen molar-refractivity contribution in [3.05, 3.63) is 25.3 Å². The van der Waals surface area contributed by atoms with Gasteiger partial charge in [0.15, 0.2) is 0 Å². The molecule has 1 saturated heterocycles. The topological polar surface area (TPSA) is 37.4 Å². The number of likely N-dealkylation sites (tertiary alicyclic amines) is 1. The predicted molar refractivity (Wildman–Crippen MR) is 64.2 cm³/mol. The molecule has 1 rings (SSSR count). The summed E-state index contributed by atoms with van der Waals surface area (Å²) in [4.78, 5) is 24.0. The number of piperidine rings is 1. The van der Waals surface area contributed by atoms with Crippen LogP contribution in [0.25, 0.3) is 0 Å². The lowest BCUT2D eigenvalue weighted by atomic mass is 9.82. The normalized spacial score (nSPS) is 26.4. The molecule has 0 aromatic carbocycles. The molecule has 3 heteroatoms. The first-order valence-electron chi connectivity index (χ1n) is 5.63. The van der Waals surface area contributed by atoms with Crippen LogP contribution in [0.4, 0.5) is 0 Å². The van der Waals surface area contributed by atoms with Gasteiger partial charge < -0.3 is 4.79 Å². The highest BCUT2D eigenvalue weighted by molar-refractivity contribution is 5.81. The third kappa shape index (κ3) is 2.67. The first-order valence-corrected chi connectivity index (χ1v) is 5.63. The average Bonchev–Trinajstić information content (AvgIpc) is 2.29. The van der Waals surface area contributed by atoms with E-state index in [4.69, 9.17) is 0 Å². The summed E-state index contributed by atoms with van der Waals surface area (Å²) >= 11 is 0. The molecule has 0 aromatic rings. The van der Waals surface area contributed by atoms with Gasteiger partial charge in [0.2, 0.25) is 0 Å². The summed E-state index contributed by atoms with van der Waals surface area (Å²) in [5, 5.41) is 0. The molecular formula is C13H19NO2. The Morgan fingerprint density at radius 1 is 1.44 bits per heavy atom. The van der Waals surface area contributed by atoms with Crippen molar-refractivity contribution in [1.29, 1.82) is 0 Å². The number of nitrogens with zero attached hydrogens (tertiary/aromatic N) is 1. The van der Waals surface area contributed by atoms with Crippen LogP contribution in [0.1, 0.15) is 25.7 Å². The highest BCUT2D eigenvalue weighted by Gasteiger charge is 2.37. The molecule has 0 saturated carbocycles. The summed E-state index contributed by atoms with van der Waals surface area (Å²) in [6.45, 7) is 8.67. The Morgan fingerprint density at radius 2 is 2.19 bits per heavy atom. The fourth-order valence-corrected chi connectivity index (χ4v) is 2.29. The van der Waals surface area contributed by atoms with E-state index in [9.17, 15) is 9.59 Å². The molecule has 1 fully saturated rings. The summed E-state index contributed by atoms with van der Waals surface area (Å²) < 4.78 is 0. The second kappa shape index (κ2) is 5.75. The van der Waals surface area contributed by atoms with E-state index in [-0.39, 0.29) is 11.3 Å². The molecule has 1 atom stereocenters. The van der Waals surface area contributed by atoms with Crippen molar-refractivity contribution in [2.24, 2.45) is 0 Å². The van der Waals surface area contributed by atoms with Crippen LogP contribution in [0.15, 0.2) is 25.3 Å². The zero-order chi connectivity index (χ0) is 12.0. The van der Waals surface area contributed by atoms with E-state index in [1.54, 1.807) is 6.08 Å². The molecule has 88 valence electrons. The summed E-state index contributed by atoms with van der Waals surface area (Å²) in [5.41, 5.74) is -0.205. The van der Waals surface area contributed by atoms with E-state index in [2.05, 4.69) is 18.1 Å². The van der Waals surface area contributed by atoms with Gasteiger partial charge in [-0.3, -0.25) is 9.69 Å². The summed E-state index contributed by atoms with van der Waals surface area (Å²) in [6, 6.07) is 0. The van der Waals surface area contributed by atoms with Gasteiger partial charge in [-0.25, -0.2) is 0 Å². The number of carbonyl (C=O) groups excluding carboxylic acids is 2. The second-order valence-corrected chi connectivity index (χ2v) is 4.22. The largest absolute Gasteiger partial charge is 0.303 e. The van der Waals surface area contributed by atoms with Crippen molar-refractivity contribution in [1.82, 2.24) is 4.90 Å². The molecular weight excluding hydrogens is 202 g/mol. The minimum Gasteiger partial charge on any atom is -0.303 e. The lowest BCUT2D eigenvalue weighted by Crippen LogP contribution is -2.53. The Balaban J connectivity index is 2.83. The maximum atomic E-state index is 11.4. The molecule has 0 aromatic heterocycles. The van der Waals surface area contributed by atoms with Gasteiger partial charge in [0.1, 0.15) is 12.1 Å². The third-order valence-corrected chi connectivity index (χ3v) is 3.26. The Labute approximate surface area is 96.8 Å². The molecule has 0 amide bonds. The van der Waals surface area contributed by atoms with Gasteiger partial charge in [-0.2, -0.15) is 0 Å². The summed E-state index contributed by atoms with van der Waals surface area (Å²) in [5.74, 6) is 0.255. The van der Waals surface area contributed by atoms with Crippen LogP contribution in [-0.2, 0) is 9.59 Å². The van der Waals surface area contributed by atoms with E-state index in [0.717, 1.165) is 19.1 Å². The maximum absolute atomic E-state index is 11.4. The average molecular weight is 221 g/mol. The first kappa shape index (κ1) is 12.8. The highest BCUT2D eigenvalue weighted by Crippen LogP contribution is 2.31. The number of ketones is 1. The quantitative estimate of drug-likeness (QED) is 0.506. The Hall–Kier alpha value is -1.22. The molecule has 0 spiro atoms. The van der Waals surface area contributed by atoms with Crippen LogP contribution in [0.5, 0.6) is 0 Å². The Bertz CT molecular complexity index is 294. The predicted octanol–water partition coefficient (Wildman–Crippen LogP) is 1.74. The van der Waals surface area contributed by atoms with E-state index in [0.29, 0.717) is 25.9 Å². The molecule has 0 radical (unpaired) electrons. The van der Waals surface area contributed by atoms with Crippen molar-refractivity contribution in [2.75, 3.05) is 13.1 Å². The molecule has 0 N–H and O–H groups in total. The smallest absolute Gasteiger partial charge is 0.146 e. The van der Waals surface area contributed by atoms with Crippen LogP contribution in [-0.4, -0.2) is 35.6 Å². The van der Waals surface area contributed by atoms with Crippen molar-refractivity contribution in [3.8, 4) is 0 Å². The molecule has 0 aliphatic carbocycles. The van der Waals surface area contributed by atoms with Gasteiger partial charge in [-0.15, -0.1) is 13.2 Å². The van der Waals surface area contributed by atoms with Crippen molar-refractivity contribution in [3.63, 3.8) is 0 Å². The van der Waals surface area contributed by atoms with Gasteiger partial charge in [0, 0.05) is 24.9 Å². The number of hydrogen-bond acceptors (Lipinski definition) is 3. The number of Topliss-reactive ketones (excluding diaryl/α,β-unsaturated/α-hetero) is 1. The molecule has 0 bridgehead atoms. The molecule has 3 nitrogen and oxygen atoms in total. The standard InChI is InChI=1S/C13H19NO2/c1-3-9-14-11-12(16)6-8-13(14,4-2)7-5-10-15/h3-4,10H,1-2,5-9,11H2/t13-/m0/s1. The van der Waals surface area contributed by atoms with E-state index >= 15 is 0 Å². The lowest BCUT2D eigenvalue weighted by Gasteiger charge is -2.44. The van der Waals surface area contributed by atoms with Gasteiger partial charge in [0.05, 0.1) is 6.54 Å². The molecule has 0 unspecified atom stereocenters. The third-order valence-electron chi connectivity index (χ3n) is 3.26. The first-order chi connectivity index (χ1) is 7.68. The minimum atomic E-state index is -0.205. The van der Waals surface area contributed by atoms with Gasteiger partial charge in [0.25, 0.3) is 0 Å². The monoisotopic (exact) mass is 221 g/mol. The van der Waals surface area contributed by atoms with Crippen molar-refractivity contribution >= 4 is 12.1 Å². The summed E-state index contributed by atoms with van der Waals surface area (Å²) in [7, 11) is 0. The van der Waals surface area contributed by atoms with Crippen LogP contribution in [0.2, 0.25) is 0 Å². The van der Waals surface area contributed by atoms with Crippen molar-refractivity contribution in [2.45, 2.75) is 31.2 Å². The molecule has 1 aliphatic rings. The fraction of sp³-hybridized carbons (Fsp3) is 0.538. The SMILES string of the molecule is C=CCN1CC(=O)CC[C@]1(C=C)CCC=O. The molecule has 1 aliphatic heterocycles. The van der Waals surface area contributed by atoms with Gasteiger partial charge in [-0.1, -0.05) is 12.2 Å². The minimum absolute atomic E-state index is 0.205. The number of hydrogen-bond donors (Lipinski definition) is 0. The summed E-state index contributed by atoms with van der Waals surface area (Å²) in [6.07, 6.45) is 7.18. The van der Waals surface area contributed by atoms with Crippen molar-refractivity contribution < 1.29 is 9.59 Å². The van der Waals surface area contributed by atoms with E-state index in [1.165, 1.54) is 0 Å². The number of aldehydes is 1.